The molecular formula is C60H88N14O20S. The van der Waals surface area contributed by atoms with Crippen molar-refractivity contribution in [1.29, 1.82) is 0 Å². The number of nitrogens with one attached hydrogen (secondary N) is 8. The van der Waals surface area contributed by atoms with Crippen molar-refractivity contribution in [2.75, 3.05) is 157 Å². The molecule has 0 spiro atoms. The van der Waals surface area contributed by atoms with Crippen LogP contribution in [0.25, 0.3) is 10.9 Å². The van der Waals surface area contributed by atoms with Gasteiger partial charge in [-0.25, -0.2) is 13.4 Å². The Morgan fingerprint density at radius 3 is 1.72 bits per heavy atom. The Labute approximate surface area is 548 Å². The summed E-state index contributed by atoms with van der Waals surface area (Å²) in [6.45, 7) is 5.14. The molecule has 1 fully saturated rings. The highest BCUT2D eigenvalue weighted by Gasteiger charge is 2.31. The lowest BCUT2D eigenvalue weighted by molar-refractivity contribution is -0.140. The summed E-state index contributed by atoms with van der Waals surface area (Å²) >= 11 is 0. The zero-order chi connectivity index (χ0) is 69.5. The zero-order valence-corrected chi connectivity index (χ0v) is 54.6. The Morgan fingerprint density at radius 1 is 0.663 bits per heavy atom. The van der Waals surface area contributed by atoms with Crippen LogP contribution in [0.5, 0.6) is 5.75 Å². The number of ether oxygens (including phenoxy) is 4. The molecule has 0 bridgehead atoms. The first-order valence-corrected chi connectivity index (χ1v) is 32.3. The average molecular weight is 1360 g/mol. The number of imidazole rings is 1. The number of hydrogen-bond acceptors (Lipinski definition) is 22. The van der Waals surface area contributed by atoms with Crippen LogP contribution in [0.3, 0.4) is 0 Å². The summed E-state index contributed by atoms with van der Waals surface area (Å²) < 4.78 is 53.6. The van der Waals surface area contributed by atoms with Crippen molar-refractivity contribution in [2.45, 2.75) is 63.1 Å². The number of benzene rings is 2. The van der Waals surface area contributed by atoms with Gasteiger partial charge >= 0.3 is 23.9 Å². The molecule has 3 heterocycles. The van der Waals surface area contributed by atoms with Gasteiger partial charge in [-0.15, -0.1) is 0 Å². The Bertz CT molecular complexity index is 3350. The molecule has 5 rings (SSSR count). The summed E-state index contributed by atoms with van der Waals surface area (Å²) in [4.78, 5) is 139. The fourth-order valence-corrected chi connectivity index (χ4v) is 11.7. The summed E-state index contributed by atoms with van der Waals surface area (Å²) in [5.41, 5.74) is 1.03. The lowest BCUT2D eigenvalue weighted by Crippen LogP contribution is -2.57. The van der Waals surface area contributed by atoms with E-state index >= 15 is 0 Å². The first-order chi connectivity index (χ1) is 45.3. The van der Waals surface area contributed by atoms with E-state index < -0.39 is 81.6 Å². The maximum atomic E-state index is 13.6. The van der Waals surface area contributed by atoms with E-state index in [1.165, 1.54) is 39.2 Å². The van der Waals surface area contributed by atoms with E-state index in [0.717, 1.165) is 5.56 Å². The van der Waals surface area contributed by atoms with Gasteiger partial charge in [0.2, 0.25) is 27.3 Å². The number of amides is 5. The molecule has 0 unspecified atom stereocenters. The van der Waals surface area contributed by atoms with Crippen LogP contribution in [0.2, 0.25) is 0 Å². The average Bonchev–Trinajstić information content (AvgIpc) is 0.931. The Kier molecular flexibility index (Phi) is 32.3. The van der Waals surface area contributed by atoms with Crippen molar-refractivity contribution in [2.24, 2.45) is 7.05 Å². The molecule has 34 nitrogen and oxygen atoms in total. The second-order valence-corrected chi connectivity index (χ2v) is 23.9. The van der Waals surface area contributed by atoms with Crippen molar-refractivity contribution >= 4 is 80.3 Å². The van der Waals surface area contributed by atoms with E-state index in [9.17, 15) is 76.8 Å². The van der Waals surface area contributed by atoms with E-state index in [1.807, 2.05) is 0 Å². The Hall–Kier alpha value is -8.68. The highest BCUT2D eigenvalue weighted by molar-refractivity contribution is 7.89. The number of carbonyl (C=O) groups is 9. The molecule has 524 valence electrons. The standard InChI is InChI=1S/C60H88N14O20S/c1-40-30-43(31-41(2)55(40)95(89,90)69-46(59(87)88)34-66-56(84)45-35-70(4)47-32-42(9-10-44(47)54(45)83)33-67-60-64-13-14-65-60)94-25-5-8-48(75)62-11-6-23-91-26-28-93-29-27-92-24-7-12-63-58(86)53(57(85)61-3)68-49(76)36-71-15-17-72(37-50(77)78)19-21-74(39-52(81)82)22-20-73(18-16-71)38-51(79)80/h9-10,13-14,30-32,35,46,53,69H,5-8,11-12,15-29,33-34,36-39H2,1-4H3,(H,61,85)(H,62,75)(H,63,86)(H,66,84)(H,68,76)(H,77,78)(H,79,80)(H,81,82)(H,87,88)(H2,64,65,67)/t46-,53+/m0/s1. The minimum absolute atomic E-state index is 0.111. The van der Waals surface area contributed by atoms with Gasteiger partial charge in [-0.2, -0.15) is 4.72 Å². The molecule has 1 aliphatic heterocycles. The van der Waals surface area contributed by atoms with E-state index in [0.29, 0.717) is 62.8 Å². The van der Waals surface area contributed by atoms with E-state index in [2.05, 4.69) is 46.6 Å². The van der Waals surface area contributed by atoms with Crippen molar-refractivity contribution in [3.63, 3.8) is 0 Å². The van der Waals surface area contributed by atoms with Gasteiger partial charge in [0.1, 0.15) is 17.4 Å². The van der Waals surface area contributed by atoms with E-state index in [1.54, 1.807) is 61.8 Å². The van der Waals surface area contributed by atoms with Gasteiger partial charge in [0.05, 0.1) is 69.6 Å². The van der Waals surface area contributed by atoms with Crippen LogP contribution in [0.15, 0.2) is 58.6 Å². The number of aryl methyl sites for hydroxylation is 3. The molecule has 95 heavy (non-hydrogen) atoms. The quantitative estimate of drug-likeness (QED) is 0.0163. The highest BCUT2D eigenvalue weighted by atomic mass is 32.2. The van der Waals surface area contributed by atoms with Crippen LogP contribution in [0.4, 0.5) is 5.95 Å². The summed E-state index contributed by atoms with van der Waals surface area (Å²) in [5, 5.41) is 54.4. The Balaban J connectivity index is 0.909. The van der Waals surface area contributed by atoms with Crippen LogP contribution < -0.4 is 46.8 Å². The molecule has 0 radical (unpaired) electrons. The number of carboxylic acid groups (broad SMARTS) is 4. The summed E-state index contributed by atoms with van der Waals surface area (Å²) in [6.07, 6.45) is 6.00. The Morgan fingerprint density at radius 2 is 1.20 bits per heavy atom. The van der Waals surface area contributed by atoms with E-state index in [-0.39, 0.29) is 157 Å². The summed E-state index contributed by atoms with van der Waals surface area (Å²) in [5.74, 6) is -7.29. The number of carbonyl (C=O) groups excluding carboxylic acids is 5. The molecule has 1 aliphatic rings. The van der Waals surface area contributed by atoms with Gasteiger partial charge in [0, 0.05) is 136 Å². The third kappa shape index (κ3) is 27.3. The van der Waals surface area contributed by atoms with Gasteiger partial charge in [0.15, 0.2) is 12.0 Å². The SMILES string of the molecule is CNC(=O)[C@@H](NC(=O)CN1CCN(CC(=O)O)CCN(CC(=O)O)CCN(CC(=O)O)CC1)C(=O)NCCCOCCOCCOCCCNC(=O)CCCOc1cc(C)c(S(=O)(=O)N[C@@H](CNC(=O)c2cn(C)c3cc(CNc4ncc[nH]4)ccc3c2=O)C(=O)O)c(C)c1. The van der Waals surface area contributed by atoms with Crippen molar-refractivity contribution in [1.82, 2.24) is 65.4 Å². The third-order valence-corrected chi connectivity index (χ3v) is 16.6. The molecule has 5 amide bonds. The lowest BCUT2D eigenvalue weighted by Gasteiger charge is -2.33. The maximum absolute atomic E-state index is 13.6. The number of fused-ring (bicyclic) bond motifs is 1. The highest BCUT2D eigenvalue weighted by Crippen LogP contribution is 2.26. The van der Waals surface area contributed by atoms with Gasteiger partial charge < -0.3 is 80.8 Å². The smallest absolute Gasteiger partial charge is 0.323 e. The number of nitrogens with zero attached hydrogens (tertiary/aromatic N) is 6. The largest absolute Gasteiger partial charge is 0.494 e. The predicted octanol–water partition coefficient (Wildman–Crippen LogP) is -2.42. The number of aromatic amines is 1. The molecular weight excluding hydrogens is 1270 g/mol. The van der Waals surface area contributed by atoms with Crippen LogP contribution in [0, 0.1) is 13.8 Å². The number of aliphatic carboxylic acids is 4. The van der Waals surface area contributed by atoms with Crippen LogP contribution in [-0.4, -0.2) is 280 Å². The molecule has 35 heteroatoms. The molecule has 2 atom stereocenters. The first kappa shape index (κ1) is 77.0. The first-order valence-electron chi connectivity index (χ1n) is 30.8. The summed E-state index contributed by atoms with van der Waals surface area (Å²) in [7, 11) is -1.52. The monoisotopic (exact) mass is 1360 g/mol. The number of sulfonamides is 1. The van der Waals surface area contributed by atoms with Crippen molar-refractivity contribution in [3.8, 4) is 5.75 Å². The number of carboxylic acids is 4. The predicted molar refractivity (Wildman–Crippen MR) is 342 cm³/mol. The third-order valence-electron chi connectivity index (χ3n) is 14.8. The summed E-state index contributed by atoms with van der Waals surface area (Å²) in [6, 6.07) is 4.66. The van der Waals surface area contributed by atoms with Gasteiger partial charge in [0.25, 0.3) is 17.7 Å². The second-order valence-electron chi connectivity index (χ2n) is 22.3. The van der Waals surface area contributed by atoms with Crippen molar-refractivity contribution < 1.29 is 90.9 Å². The van der Waals surface area contributed by atoms with Gasteiger partial charge in [-0.1, -0.05) is 6.07 Å². The zero-order valence-electron chi connectivity index (χ0n) is 53.8. The number of pyridine rings is 1. The lowest BCUT2D eigenvalue weighted by atomic mass is 10.1. The number of rotatable bonds is 40. The van der Waals surface area contributed by atoms with Crippen molar-refractivity contribution in [3.05, 3.63) is 81.4 Å². The topological polar surface area (TPSA) is 453 Å². The molecule has 1 saturated heterocycles. The minimum atomic E-state index is -4.48. The molecule has 2 aromatic carbocycles. The maximum Gasteiger partial charge on any atom is 0.323 e. The van der Waals surface area contributed by atoms with Crippen LogP contribution in [0.1, 0.15) is 52.7 Å². The number of H-pyrrole nitrogens is 1. The molecule has 2 aromatic heterocycles. The second kappa shape index (κ2) is 39.9. The fraction of sp³-hybridized carbons (Fsp3) is 0.550. The molecule has 4 aromatic rings. The van der Waals surface area contributed by atoms with Crippen LogP contribution in [-0.2, 0) is 76.2 Å². The fourth-order valence-electron chi connectivity index (χ4n) is 10.0. The number of aromatic nitrogens is 3. The van der Waals surface area contributed by atoms with Gasteiger partial charge in [-0.3, -0.25) is 67.5 Å². The van der Waals surface area contributed by atoms with Crippen LogP contribution >= 0.6 is 0 Å². The molecule has 0 saturated carbocycles. The normalized spacial score (nSPS) is 14.5. The van der Waals surface area contributed by atoms with E-state index in [4.69, 9.17) is 18.9 Å². The van der Waals surface area contributed by atoms with Gasteiger partial charge in [-0.05, 0) is 74.1 Å². The molecule has 12 N–H and O–H groups in total. The number of likely N-dealkylation sites (N-methyl/N-ethyl adjacent to an activating group) is 1. The minimum Gasteiger partial charge on any atom is -0.494 e. The number of hydrogen-bond donors (Lipinski definition) is 12. The number of anilines is 1. The molecule has 0 aliphatic carbocycles.